The molecule has 1 aromatic heterocycles. The monoisotopic (exact) mass is 272 g/mol. The molecule has 0 spiro atoms. The summed E-state index contributed by atoms with van der Waals surface area (Å²) in [7, 11) is 0. The molecule has 2 aliphatic rings. The fraction of sp³-hybridized carbons (Fsp3) is 0.529. The number of hydrogen-bond donors (Lipinski definition) is 3. The lowest BCUT2D eigenvalue weighted by Gasteiger charge is -2.39. The minimum atomic E-state index is 0.298. The van der Waals surface area contributed by atoms with Gasteiger partial charge < -0.3 is 15.4 Å². The van der Waals surface area contributed by atoms with E-state index < -0.39 is 0 Å². The lowest BCUT2D eigenvalue weighted by atomic mass is 9.73. The van der Waals surface area contributed by atoms with Crippen molar-refractivity contribution in [3.05, 3.63) is 35.5 Å². The molecule has 0 amide bonds. The molecule has 2 heterocycles. The highest BCUT2D eigenvalue weighted by molar-refractivity contribution is 5.88. The van der Waals surface area contributed by atoms with Crippen molar-refractivity contribution in [3.8, 4) is 0 Å². The van der Waals surface area contributed by atoms with Crippen molar-refractivity contribution in [1.82, 2.24) is 10.3 Å². The van der Waals surface area contributed by atoms with Crippen molar-refractivity contribution in [1.29, 1.82) is 0 Å². The zero-order chi connectivity index (χ0) is 14.1. The van der Waals surface area contributed by atoms with Gasteiger partial charge in [-0.1, -0.05) is 26.0 Å². The Morgan fingerprint density at radius 2 is 2.15 bits per heavy atom. The summed E-state index contributed by atoms with van der Waals surface area (Å²) in [5.74, 6) is 0.963. The van der Waals surface area contributed by atoms with Crippen LogP contribution in [0.4, 0.5) is 0 Å². The molecule has 2 aromatic rings. The molecule has 0 bridgehead atoms. The van der Waals surface area contributed by atoms with Gasteiger partial charge in [0.25, 0.3) is 0 Å². The number of aromatic nitrogens is 1. The molecule has 3 atom stereocenters. The molecule has 1 saturated heterocycles. The number of hydrogen-bond acceptors (Lipinski definition) is 2. The average molecular weight is 272 g/mol. The highest BCUT2D eigenvalue weighted by Gasteiger charge is 2.35. The molecular formula is C17H24N2O. The molecular weight excluding hydrogens is 248 g/mol. The van der Waals surface area contributed by atoms with Crippen LogP contribution in [0.3, 0.4) is 0 Å². The zero-order valence-electron chi connectivity index (χ0n) is 12.3. The number of aliphatic hydroxyl groups excluding tert-OH is 1. The molecule has 1 aliphatic heterocycles. The minimum absolute atomic E-state index is 0.298. The SMILES string of the molecule is CC.OCC1CNC2Cc3c[nH]c4cccc(c34)C2C1. The first-order valence-corrected chi connectivity index (χ1v) is 7.80. The van der Waals surface area contributed by atoms with Gasteiger partial charge in [-0.25, -0.2) is 0 Å². The summed E-state index contributed by atoms with van der Waals surface area (Å²) in [5, 5.41) is 14.4. The van der Waals surface area contributed by atoms with Crippen LogP contribution in [0.5, 0.6) is 0 Å². The maximum absolute atomic E-state index is 9.38. The summed E-state index contributed by atoms with van der Waals surface area (Å²) < 4.78 is 0. The third kappa shape index (κ3) is 2.05. The number of nitrogens with one attached hydrogen (secondary N) is 2. The minimum Gasteiger partial charge on any atom is -0.396 e. The van der Waals surface area contributed by atoms with E-state index in [4.69, 9.17) is 0 Å². The summed E-state index contributed by atoms with van der Waals surface area (Å²) in [5.41, 5.74) is 4.16. The van der Waals surface area contributed by atoms with E-state index in [2.05, 4.69) is 34.7 Å². The van der Waals surface area contributed by atoms with Crippen LogP contribution in [-0.2, 0) is 6.42 Å². The molecule has 108 valence electrons. The maximum atomic E-state index is 9.38. The molecule has 1 aromatic carbocycles. The van der Waals surface area contributed by atoms with E-state index in [1.165, 1.54) is 22.0 Å². The highest BCUT2D eigenvalue weighted by atomic mass is 16.3. The van der Waals surface area contributed by atoms with Crippen molar-refractivity contribution in [2.24, 2.45) is 5.92 Å². The predicted octanol–water partition coefficient (Wildman–Crippen LogP) is 2.80. The molecule has 3 nitrogen and oxygen atoms in total. The maximum Gasteiger partial charge on any atom is 0.0471 e. The number of benzene rings is 1. The number of rotatable bonds is 1. The van der Waals surface area contributed by atoms with Gasteiger partial charge in [0.15, 0.2) is 0 Å². The Morgan fingerprint density at radius 3 is 2.95 bits per heavy atom. The van der Waals surface area contributed by atoms with E-state index in [9.17, 15) is 5.11 Å². The van der Waals surface area contributed by atoms with E-state index in [0.29, 0.717) is 24.5 Å². The van der Waals surface area contributed by atoms with Crippen LogP contribution in [0.1, 0.15) is 37.3 Å². The van der Waals surface area contributed by atoms with Crippen LogP contribution < -0.4 is 5.32 Å². The van der Waals surface area contributed by atoms with Crippen molar-refractivity contribution < 1.29 is 5.11 Å². The van der Waals surface area contributed by atoms with Gasteiger partial charge in [-0.05, 0) is 36.0 Å². The Hall–Kier alpha value is -1.32. The van der Waals surface area contributed by atoms with E-state index in [-0.39, 0.29) is 0 Å². The lowest BCUT2D eigenvalue weighted by molar-refractivity contribution is 0.168. The molecule has 1 fully saturated rings. The largest absolute Gasteiger partial charge is 0.396 e. The molecule has 3 heteroatoms. The summed E-state index contributed by atoms with van der Waals surface area (Å²) in [6.45, 7) is 5.25. The molecule has 0 saturated carbocycles. The molecule has 3 unspecified atom stereocenters. The standard InChI is InChI=1S/C15H18N2O.C2H6/c18-8-9-4-12-11-2-1-3-13-15(11)10(7-17-13)5-14(12)16-6-9;1-2/h1-3,7,9,12,14,16-18H,4-6,8H2;1-2H3. The number of aliphatic hydroxyl groups is 1. The van der Waals surface area contributed by atoms with Crippen LogP contribution in [-0.4, -0.2) is 29.3 Å². The summed E-state index contributed by atoms with van der Waals surface area (Å²) in [6.07, 6.45) is 4.38. The van der Waals surface area contributed by atoms with Crippen molar-refractivity contribution >= 4 is 10.9 Å². The topological polar surface area (TPSA) is 48.0 Å². The van der Waals surface area contributed by atoms with Crippen molar-refractivity contribution in [2.45, 2.75) is 38.6 Å². The summed E-state index contributed by atoms with van der Waals surface area (Å²) in [6, 6.07) is 7.10. The number of H-pyrrole nitrogens is 1. The van der Waals surface area contributed by atoms with E-state index in [1.54, 1.807) is 0 Å². The van der Waals surface area contributed by atoms with Crippen molar-refractivity contribution in [2.75, 3.05) is 13.2 Å². The van der Waals surface area contributed by atoms with Crippen LogP contribution in [0, 0.1) is 5.92 Å². The number of piperidine rings is 1. The van der Waals surface area contributed by atoms with Crippen LogP contribution in [0.25, 0.3) is 10.9 Å². The zero-order valence-corrected chi connectivity index (χ0v) is 12.3. The smallest absolute Gasteiger partial charge is 0.0471 e. The summed E-state index contributed by atoms with van der Waals surface area (Å²) >= 11 is 0. The van der Waals surface area contributed by atoms with E-state index >= 15 is 0 Å². The number of fused-ring (bicyclic) bond motifs is 2. The Kier molecular flexibility index (Phi) is 3.81. The Labute approximate surface area is 120 Å². The van der Waals surface area contributed by atoms with Gasteiger partial charge in [0.2, 0.25) is 0 Å². The third-order valence-electron chi connectivity index (χ3n) is 4.66. The predicted molar refractivity (Wildman–Crippen MR) is 83.1 cm³/mol. The third-order valence-corrected chi connectivity index (χ3v) is 4.66. The van der Waals surface area contributed by atoms with Crippen LogP contribution in [0.2, 0.25) is 0 Å². The molecule has 1 aliphatic carbocycles. The van der Waals surface area contributed by atoms with E-state index in [0.717, 1.165) is 19.4 Å². The fourth-order valence-electron chi connectivity index (χ4n) is 3.76. The lowest BCUT2D eigenvalue weighted by Crippen LogP contribution is -2.47. The van der Waals surface area contributed by atoms with Gasteiger partial charge >= 0.3 is 0 Å². The van der Waals surface area contributed by atoms with Gasteiger partial charge in [0, 0.05) is 42.2 Å². The first-order chi connectivity index (χ1) is 9.86. The molecule has 4 rings (SSSR count). The van der Waals surface area contributed by atoms with Crippen LogP contribution >= 0.6 is 0 Å². The van der Waals surface area contributed by atoms with Gasteiger partial charge in [-0.15, -0.1) is 0 Å². The van der Waals surface area contributed by atoms with Gasteiger partial charge in [-0.2, -0.15) is 0 Å². The van der Waals surface area contributed by atoms with E-state index in [1.807, 2.05) is 13.8 Å². The normalized spacial score (nSPS) is 27.6. The van der Waals surface area contributed by atoms with Crippen molar-refractivity contribution in [3.63, 3.8) is 0 Å². The molecule has 3 N–H and O–H groups in total. The first kappa shape index (κ1) is 13.7. The highest BCUT2D eigenvalue weighted by Crippen LogP contribution is 2.41. The molecule has 20 heavy (non-hydrogen) atoms. The van der Waals surface area contributed by atoms with Gasteiger partial charge in [-0.3, -0.25) is 0 Å². The van der Waals surface area contributed by atoms with Gasteiger partial charge in [0.1, 0.15) is 0 Å². The number of aromatic amines is 1. The second-order valence-corrected chi connectivity index (χ2v) is 5.69. The van der Waals surface area contributed by atoms with Crippen LogP contribution in [0.15, 0.2) is 24.4 Å². The Morgan fingerprint density at radius 1 is 1.30 bits per heavy atom. The quantitative estimate of drug-likeness (QED) is 0.747. The Balaban J connectivity index is 0.000000581. The second kappa shape index (κ2) is 5.58. The van der Waals surface area contributed by atoms with Gasteiger partial charge in [0.05, 0.1) is 0 Å². The molecule has 0 radical (unpaired) electrons. The average Bonchev–Trinajstić information content (AvgIpc) is 2.94. The first-order valence-electron chi connectivity index (χ1n) is 7.80. The Bertz CT molecular complexity index is 590. The second-order valence-electron chi connectivity index (χ2n) is 5.69. The fourth-order valence-corrected chi connectivity index (χ4v) is 3.76. The summed E-state index contributed by atoms with van der Waals surface area (Å²) in [4.78, 5) is 3.38.